The summed E-state index contributed by atoms with van der Waals surface area (Å²) in [6.07, 6.45) is 3.52. The standard InChI is InChI=1S/C18H16N2O2/c1-14(15-8-4-2-5-9-15)19-12-13-20(17(19)18(21)22)16-10-6-3-7-11-16/h2-14H,1H3. The SMILES string of the molecule is CC(c1ccccc1)[n+]1ccn(-c2ccccc2)c1C(=O)[O-]. The number of carbonyl (C=O) groups is 1. The van der Waals surface area contributed by atoms with Gasteiger partial charge in [0.25, 0.3) is 0 Å². The highest BCUT2D eigenvalue weighted by Gasteiger charge is 2.24. The van der Waals surface area contributed by atoms with Gasteiger partial charge in [-0.3, -0.25) is 0 Å². The molecule has 0 amide bonds. The molecule has 0 saturated heterocycles. The van der Waals surface area contributed by atoms with Crippen molar-refractivity contribution in [1.29, 1.82) is 0 Å². The summed E-state index contributed by atoms with van der Waals surface area (Å²) >= 11 is 0. The van der Waals surface area contributed by atoms with Gasteiger partial charge >= 0.3 is 5.82 Å². The van der Waals surface area contributed by atoms with Gasteiger partial charge in [-0.2, -0.15) is 4.57 Å². The summed E-state index contributed by atoms with van der Waals surface area (Å²) in [5.74, 6) is -1.07. The number of benzene rings is 2. The number of para-hydroxylation sites is 1. The van der Waals surface area contributed by atoms with Crippen LogP contribution in [-0.2, 0) is 0 Å². The first kappa shape index (κ1) is 14.1. The largest absolute Gasteiger partial charge is 0.538 e. The molecule has 4 nitrogen and oxygen atoms in total. The predicted octanol–water partition coefficient (Wildman–Crippen LogP) is 1.74. The first-order valence-corrected chi connectivity index (χ1v) is 7.12. The van der Waals surface area contributed by atoms with Gasteiger partial charge in [0, 0.05) is 0 Å². The molecular weight excluding hydrogens is 276 g/mol. The molecule has 22 heavy (non-hydrogen) atoms. The van der Waals surface area contributed by atoms with E-state index < -0.39 is 5.97 Å². The molecule has 0 aliphatic heterocycles. The van der Waals surface area contributed by atoms with Gasteiger partial charge in [-0.05, 0) is 24.6 Å². The number of nitrogens with zero attached hydrogens (tertiary/aromatic N) is 2. The molecule has 110 valence electrons. The van der Waals surface area contributed by atoms with E-state index in [1.807, 2.05) is 67.6 Å². The number of hydrogen-bond donors (Lipinski definition) is 0. The smallest absolute Gasteiger partial charge is 0.310 e. The first-order chi connectivity index (χ1) is 10.7. The van der Waals surface area contributed by atoms with Crippen LogP contribution in [0.4, 0.5) is 0 Å². The molecule has 1 heterocycles. The van der Waals surface area contributed by atoms with E-state index in [-0.39, 0.29) is 11.9 Å². The van der Waals surface area contributed by atoms with E-state index in [0.717, 1.165) is 11.3 Å². The summed E-state index contributed by atoms with van der Waals surface area (Å²) in [4.78, 5) is 11.7. The normalized spacial score (nSPS) is 12.0. The van der Waals surface area contributed by atoms with Crippen molar-refractivity contribution < 1.29 is 14.5 Å². The fourth-order valence-electron chi connectivity index (χ4n) is 2.61. The number of carbonyl (C=O) groups excluding carboxylic acids is 1. The molecule has 0 aliphatic rings. The molecule has 3 rings (SSSR count). The molecule has 4 heteroatoms. The van der Waals surface area contributed by atoms with Crippen LogP contribution in [0.2, 0.25) is 0 Å². The van der Waals surface area contributed by atoms with Crippen molar-refractivity contribution in [2.75, 3.05) is 0 Å². The highest BCUT2D eigenvalue weighted by Crippen LogP contribution is 2.15. The number of rotatable bonds is 4. The minimum Gasteiger partial charge on any atom is -0.538 e. The summed E-state index contributed by atoms with van der Waals surface area (Å²) in [5.41, 5.74) is 1.83. The fraction of sp³-hybridized carbons (Fsp3) is 0.111. The highest BCUT2D eigenvalue weighted by atomic mass is 16.4. The van der Waals surface area contributed by atoms with Gasteiger partial charge in [0.05, 0.1) is 0 Å². The number of aromatic carboxylic acids is 1. The zero-order valence-corrected chi connectivity index (χ0v) is 12.2. The zero-order chi connectivity index (χ0) is 15.5. The molecule has 0 N–H and O–H groups in total. The minimum absolute atomic E-state index is 0.0981. The lowest BCUT2D eigenvalue weighted by Gasteiger charge is -2.12. The lowest BCUT2D eigenvalue weighted by Crippen LogP contribution is -2.47. The lowest BCUT2D eigenvalue weighted by molar-refractivity contribution is -0.713. The van der Waals surface area contributed by atoms with Crippen molar-refractivity contribution in [3.8, 4) is 5.69 Å². The molecule has 0 saturated carbocycles. The van der Waals surface area contributed by atoms with Gasteiger partial charge < -0.3 is 9.90 Å². The van der Waals surface area contributed by atoms with Gasteiger partial charge in [0.15, 0.2) is 5.97 Å². The second kappa shape index (κ2) is 5.85. The van der Waals surface area contributed by atoms with Crippen LogP contribution in [0.1, 0.15) is 29.1 Å². The van der Waals surface area contributed by atoms with Gasteiger partial charge in [-0.1, -0.05) is 48.5 Å². The van der Waals surface area contributed by atoms with Gasteiger partial charge in [0.2, 0.25) is 0 Å². The minimum atomic E-state index is -1.20. The van der Waals surface area contributed by atoms with Crippen molar-refractivity contribution >= 4 is 5.97 Å². The van der Waals surface area contributed by atoms with Crippen molar-refractivity contribution in [2.24, 2.45) is 0 Å². The molecule has 1 atom stereocenters. The second-order valence-electron chi connectivity index (χ2n) is 5.11. The van der Waals surface area contributed by atoms with Crippen LogP contribution in [0.3, 0.4) is 0 Å². The zero-order valence-electron chi connectivity index (χ0n) is 12.2. The predicted molar refractivity (Wildman–Crippen MR) is 80.5 cm³/mol. The molecule has 2 aromatic carbocycles. The molecule has 0 fully saturated rings. The molecule has 0 radical (unpaired) electrons. The third kappa shape index (κ3) is 2.51. The van der Waals surface area contributed by atoms with Crippen LogP contribution >= 0.6 is 0 Å². The Kier molecular flexibility index (Phi) is 3.74. The van der Waals surface area contributed by atoms with E-state index in [4.69, 9.17) is 0 Å². The Hall–Kier alpha value is -2.88. The van der Waals surface area contributed by atoms with E-state index in [9.17, 15) is 9.90 Å². The van der Waals surface area contributed by atoms with Crippen LogP contribution < -0.4 is 9.67 Å². The number of aromatic nitrogens is 2. The number of carboxylic acid groups (broad SMARTS) is 1. The highest BCUT2D eigenvalue weighted by molar-refractivity contribution is 5.80. The lowest BCUT2D eigenvalue weighted by atomic mass is 10.1. The summed E-state index contributed by atoms with van der Waals surface area (Å²) in [7, 11) is 0. The van der Waals surface area contributed by atoms with Crippen LogP contribution in [0, 0.1) is 0 Å². The van der Waals surface area contributed by atoms with Gasteiger partial charge in [-0.15, -0.1) is 0 Å². The Bertz CT molecular complexity index is 779. The number of carboxylic acids is 1. The number of imidazole rings is 1. The molecule has 0 spiro atoms. The first-order valence-electron chi connectivity index (χ1n) is 7.12. The van der Waals surface area contributed by atoms with Crippen molar-refractivity contribution in [3.63, 3.8) is 0 Å². The van der Waals surface area contributed by atoms with Crippen LogP contribution in [0.5, 0.6) is 0 Å². The monoisotopic (exact) mass is 292 g/mol. The molecule has 3 aromatic rings. The number of hydrogen-bond acceptors (Lipinski definition) is 2. The summed E-state index contributed by atoms with van der Waals surface area (Å²) in [6, 6.07) is 19.1. The molecule has 0 aliphatic carbocycles. The van der Waals surface area contributed by atoms with Crippen LogP contribution in [-0.4, -0.2) is 10.5 Å². The van der Waals surface area contributed by atoms with E-state index in [1.54, 1.807) is 21.5 Å². The third-order valence-corrected chi connectivity index (χ3v) is 3.77. The fourth-order valence-corrected chi connectivity index (χ4v) is 2.61. The van der Waals surface area contributed by atoms with E-state index >= 15 is 0 Å². The van der Waals surface area contributed by atoms with Crippen molar-refractivity contribution in [3.05, 3.63) is 84.4 Å². The van der Waals surface area contributed by atoms with Crippen molar-refractivity contribution in [1.82, 2.24) is 4.57 Å². The Morgan fingerprint density at radius 1 is 1.05 bits per heavy atom. The molecule has 1 unspecified atom stereocenters. The van der Waals surface area contributed by atoms with Gasteiger partial charge in [0.1, 0.15) is 24.1 Å². The Morgan fingerprint density at radius 2 is 1.64 bits per heavy atom. The maximum atomic E-state index is 11.7. The topological polar surface area (TPSA) is 48.9 Å². The maximum Gasteiger partial charge on any atom is 0.310 e. The second-order valence-corrected chi connectivity index (χ2v) is 5.11. The van der Waals surface area contributed by atoms with Crippen LogP contribution in [0.15, 0.2) is 73.1 Å². The molecule has 0 bridgehead atoms. The van der Waals surface area contributed by atoms with E-state index in [0.29, 0.717) is 0 Å². The third-order valence-electron chi connectivity index (χ3n) is 3.77. The van der Waals surface area contributed by atoms with E-state index in [2.05, 4.69) is 0 Å². The summed E-state index contributed by atoms with van der Waals surface area (Å²) in [6.45, 7) is 1.97. The van der Waals surface area contributed by atoms with Crippen LogP contribution in [0.25, 0.3) is 5.69 Å². The Labute approximate surface area is 128 Å². The van der Waals surface area contributed by atoms with E-state index in [1.165, 1.54) is 0 Å². The Morgan fingerprint density at radius 3 is 2.23 bits per heavy atom. The summed E-state index contributed by atoms with van der Waals surface area (Å²) in [5, 5.41) is 11.7. The molecular formula is C18H16N2O2. The van der Waals surface area contributed by atoms with Gasteiger partial charge in [-0.25, -0.2) is 4.57 Å². The molecule has 1 aromatic heterocycles. The maximum absolute atomic E-state index is 11.7. The van der Waals surface area contributed by atoms with Crippen molar-refractivity contribution in [2.45, 2.75) is 13.0 Å². The average Bonchev–Trinajstić information content (AvgIpc) is 3.01. The summed E-state index contributed by atoms with van der Waals surface area (Å²) < 4.78 is 3.35. The Balaban J connectivity index is 2.10. The average molecular weight is 292 g/mol. The quantitative estimate of drug-likeness (QED) is 0.688.